The molecule has 0 amide bonds. The SMILES string of the molecule is CC(=O)Cl.CC(=O)c1c2ccccc2cc2ccccc12.[Cl][Al]([Cl])[Cl].c1ccc2cc3ccccc3cc2c1. The molecule has 0 saturated carbocycles. The molecule has 0 bridgehead atoms. The minimum atomic E-state index is -1.72. The van der Waals surface area contributed by atoms with E-state index in [-0.39, 0.29) is 11.0 Å². The van der Waals surface area contributed by atoms with Crippen LogP contribution in [0.3, 0.4) is 0 Å². The van der Waals surface area contributed by atoms with Crippen molar-refractivity contribution in [1.29, 1.82) is 0 Å². The third-order valence-electron chi connectivity index (χ3n) is 5.74. The average Bonchev–Trinajstić information content (AvgIpc) is 2.90. The minimum Gasteiger partial charge on any atom is -0.294 e. The van der Waals surface area contributed by atoms with E-state index < -0.39 is 11.4 Å². The van der Waals surface area contributed by atoms with E-state index in [4.69, 9.17) is 30.1 Å². The van der Waals surface area contributed by atoms with E-state index in [0.29, 0.717) is 0 Å². The van der Waals surface area contributed by atoms with Crippen LogP contribution in [0, 0.1) is 0 Å². The Hall–Kier alpha value is -2.61. The molecule has 2 nitrogen and oxygen atoms in total. The normalized spacial score (nSPS) is 10.0. The Morgan fingerprint density at radius 3 is 1.03 bits per heavy atom. The molecule has 0 unspecified atom stereocenters. The topological polar surface area (TPSA) is 34.1 Å². The second-order valence-corrected chi connectivity index (χ2v) is 15.5. The molecule has 0 spiro atoms. The molecule has 6 aromatic rings. The lowest BCUT2D eigenvalue weighted by atomic mass is 9.95. The molecule has 0 fully saturated rings. The Kier molecular flexibility index (Phi) is 12.1. The Balaban J connectivity index is 0.000000172. The van der Waals surface area contributed by atoms with Gasteiger partial charge in [-0.3, -0.25) is 9.59 Å². The van der Waals surface area contributed by atoms with Crippen LogP contribution in [-0.2, 0) is 4.79 Å². The molecule has 0 atom stereocenters. The number of hydrogen-bond donors (Lipinski definition) is 0. The molecule has 0 aliphatic carbocycles. The molecule has 0 saturated heterocycles. The van der Waals surface area contributed by atoms with Gasteiger partial charge in [0, 0.05) is 12.5 Å². The fraction of sp³-hybridized carbons (Fsp3) is 0.0625. The third kappa shape index (κ3) is 9.23. The first-order chi connectivity index (χ1) is 18.7. The molecule has 7 heteroatoms. The van der Waals surface area contributed by atoms with E-state index in [1.165, 1.54) is 28.5 Å². The fourth-order valence-corrected chi connectivity index (χ4v) is 4.28. The zero-order chi connectivity index (χ0) is 28.4. The highest BCUT2D eigenvalue weighted by atomic mass is 35.8. The first-order valence-electron chi connectivity index (χ1n) is 12.0. The summed E-state index contributed by atoms with van der Waals surface area (Å²) in [7, 11) is 14.8. The quantitative estimate of drug-likeness (QED) is 0.0804. The van der Waals surface area contributed by atoms with Gasteiger partial charge in [0.05, 0.1) is 0 Å². The van der Waals surface area contributed by atoms with Crippen LogP contribution < -0.4 is 0 Å². The summed E-state index contributed by atoms with van der Waals surface area (Å²) in [6, 6.07) is 39.6. The van der Waals surface area contributed by atoms with Crippen molar-refractivity contribution in [3.05, 3.63) is 121 Å². The summed E-state index contributed by atoms with van der Waals surface area (Å²) in [5.41, 5.74) is 0.832. The number of rotatable bonds is 1. The maximum Gasteiger partial charge on any atom is 0.643 e. The van der Waals surface area contributed by atoms with Crippen molar-refractivity contribution in [1.82, 2.24) is 0 Å². The van der Waals surface area contributed by atoms with Gasteiger partial charge in [-0.05, 0) is 79.8 Å². The van der Waals surface area contributed by atoms with Crippen LogP contribution in [0.25, 0.3) is 43.1 Å². The second kappa shape index (κ2) is 15.3. The van der Waals surface area contributed by atoms with Crippen LogP contribution in [0.2, 0.25) is 0 Å². The first kappa shape index (κ1) is 30.9. The maximum absolute atomic E-state index is 11.9. The molecule has 6 aromatic carbocycles. The van der Waals surface area contributed by atoms with E-state index in [1.807, 2.05) is 48.5 Å². The molecule has 0 N–H and O–H groups in total. The predicted molar refractivity (Wildman–Crippen MR) is 173 cm³/mol. The highest BCUT2D eigenvalue weighted by Crippen LogP contribution is 2.28. The standard InChI is InChI=1S/C16H12O.C14H10.C2H3ClO.Al.3ClH/c1-11(17)16-14-8-4-2-6-12(14)10-13-7-3-5-9-15(13)16;1-2-6-12-10-14-8-4-3-7-13(14)9-11(12)5-1;1-2(3)4;;;;/h2-10H,1H3;1-10H;1H3;;3*1H/q;;;+3;;;/p-3. The van der Waals surface area contributed by atoms with Crippen molar-refractivity contribution in [2.75, 3.05) is 0 Å². The highest BCUT2D eigenvalue weighted by molar-refractivity contribution is 7.54. The van der Waals surface area contributed by atoms with Gasteiger partial charge in [0.1, 0.15) is 0 Å². The molecule has 0 aliphatic rings. The summed E-state index contributed by atoms with van der Waals surface area (Å²) in [6.07, 6.45) is 0. The summed E-state index contributed by atoms with van der Waals surface area (Å²) < 4.78 is 0. The molecule has 6 rings (SSSR count). The van der Waals surface area contributed by atoms with Gasteiger partial charge in [-0.2, -0.15) is 0 Å². The van der Waals surface area contributed by atoms with Gasteiger partial charge in [0.15, 0.2) is 5.78 Å². The number of carbonyl (C=O) groups is 2. The molecule has 0 aliphatic heterocycles. The van der Waals surface area contributed by atoms with Gasteiger partial charge in [-0.15, -0.1) is 0 Å². The van der Waals surface area contributed by atoms with Crippen molar-refractivity contribution in [2.45, 2.75) is 13.8 Å². The molecular formula is C32H25AlCl4O2. The molecule has 0 heterocycles. The number of hydrogen-bond acceptors (Lipinski definition) is 2. The molecule has 39 heavy (non-hydrogen) atoms. The third-order valence-corrected chi connectivity index (χ3v) is 5.74. The zero-order valence-corrected chi connectivity index (χ0v) is 25.6. The van der Waals surface area contributed by atoms with Crippen LogP contribution >= 0.6 is 41.7 Å². The number of carbonyl (C=O) groups excluding carboxylic acids is 2. The highest BCUT2D eigenvalue weighted by Gasteiger charge is 2.10. The number of benzene rings is 6. The Morgan fingerprint density at radius 2 is 0.744 bits per heavy atom. The van der Waals surface area contributed by atoms with Gasteiger partial charge in [0.25, 0.3) is 0 Å². The van der Waals surface area contributed by atoms with E-state index in [9.17, 15) is 9.59 Å². The maximum atomic E-state index is 11.9. The van der Waals surface area contributed by atoms with Gasteiger partial charge in [-0.1, -0.05) is 97.1 Å². The van der Waals surface area contributed by atoms with Crippen LogP contribution in [0.15, 0.2) is 115 Å². The summed E-state index contributed by atoms with van der Waals surface area (Å²) >= 11 is 2.91. The monoisotopic (exact) mass is 608 g/mol. The number of halogens is 4. The van der Waals surface area contributed by atoms with Gasteiger partial charge in [-0.25, -0.2) is 30.1 Å². The van der Waals surface area contributed by atoms with Crippen LogP contribution in [0.1, 0.15) is 24.2 Å². The predicted octanol–water partition coefficient (Wildman–Crippen LogP) is 10.6. The van der Waals surface area contributed by atoms with E-state index in [1.54, 1.807) is 6.92 Å². The molecule has 196 valence electrons. The Bertz CT molecular complexity index is 1570. The second-order valence-electron chi connectivity index (χ2n) is 8.51. The largest absolute Gasteiger partial charge is 0.643 e. The molecule has 0 radical (unpaired) electrons. The number of Topliss-reactive ketones (excluding diaryl/α,β-unsaturated/α-hetero) is 1. The Labute approximate surface area is 250 Å². The van der Waals surface area contributed by atoms with Crippen molar-refractivity contribution in [2.24, 2.45) is 0 Å². The number of fused-ring (bicyclic) bond motifs is 4. The van der Waals surface area contributed by atoms with Crippen LogP contribution in [-0.4, -0.2) is 22.4 Å². The smallest absolute Gasteiger partial charge is 0.294 e. The van der Waals surface area contributed by atoms with Crippen molar-refractivity contribution < 1.29 is 9.59 Å². The van der Waals surface area contributed by atoms with E-state index in [0.717, 1.165) is 27.1 Å². The lowest BCUT2D eigenvalue weighted by Crippen LogP contribution is -1.95. The van der Waals surface area contributed by atoms with Crippen molar-refractivity contribution >= 4 is 107 Å². The number of ketones is 1. The fourth-order valence-electron chi connectivity index (χ4n) is 4.28. The van der Waals surface area contributed by atoms with Crippen molar-refractivity contribution in [3.8, 4) is 0 Å². The zero-order valence-electron chi connectivity index (χ0n) is 21.4. The summed E-state index contributed by atoms with van der Waals surface area (Å²) in [5, 5.41) is 9.21. The van der Waals surface area contributed by atoms with Crippen molar-refractivity contribution in [3.63, 3.8) is 0 Å². The van der Waals surface area contributed by atoms with Gasteiger partial charge in [0.2, 0.25) is 5.24 Å². The summed E-state index contributed by atoms with van der Waals surface area (Å²) in [5.74, 6) is 0.123. The van der Waals surface area contributed by atoms with Gasteiger partial charge < -0.3 is 0 Å². The van der Waals surface area contributed by atoms with E-state index >= 15 is 0 Å². The lowest BCUT2D eigenvalue weighted by molar-refractivity contribution is -0.109. The average molecular weight is 610 g/mol. The van der Waals surface area contributed by atoms with Crippen LogP contribution in [0.5, 0.6) is 0 Å². The summed E-state index contributed by atoms with van der Waals surface area (Å²) in [4.78, 5) is 21.1. The van der Waals surface area contributed by atoms with E-state index in [2.05, 4.69) is 78.3 Å². The lowest BCUT2D eigenvalue weighted by Gasteiger charge is -2.08. The first-order valence-corrected chi connectivity index (χ1v) is 17.7. The molecular weight excluding hydrogens is 585 g/mol. The molecule has 0 aromatic heterocycles. The van der Waals surface area contributed by atoms with Crippen LogP contribution in [0.4, 0.5) is 0 Å². The van der Waals surface area contributed by atoms with Gasteiger partial charge >= 0.3 is 11.4 Å². The summed E-state index contributed by atoms with van der Waals surface area (Å²) in [6.45, 7) is 2.93. The Morgan fingerprint density at radius 1 is 0.513 bits per heavy atom. The minimum absolute atomic E-state index is 0.123.